The molecule has 6 nitrogen and oxygen atoms in total. The van der Waals surface area contributed by atoms with Gasteiger partial charge in [-0.1, -0.05) is 41.7 Å². The molecule has 2 N–H and O–H groups in total. The molecule has 3 aromatic rings. The Bertz CT molecular complexity index is 996. The second kappa shape index (κ2) is 8.00. The highest BCUT2D eigenvalue weighted by Gasteiger charge is 2.28. The van der Waals surface area contributed by atoms with Crippen LogP contribution in [0.25, 0.3) is 10.2 Å². The Kier molecular flexibility index (Phi) is 5.08. The fourth-order valence-electron chi connectivity index (χ4n) is 3.52. The van der Waals surface area contributed by atoms with E-state index in [0.29, 0.717) is 6.04 Å². The first-order valence-electron chi connectivity index (χ1n) is 10.1. The average molecular weight is 409 g/mol. The zero-order valence-corrected chi connectivity index (χ0v) is 17.0. The highest BCUT2D eigenvalue weighted by atomic mass is 32.1. The molecule has 150 valence electrons. The standard InChI is InChI=1S/C22H24N4O2S/c27-21(24-16-6-7-16)20(15-4-2-1-3-5-15)23-17-8-9-18-19(14-17)29-22(25-18)26-10-12-28-13-11-26/h1-5,8-9,14,16,20,23H,6-7,10-13H2,(H,24,27)/t20-/m1/s1. The molecule has 2 aromatic carbocycles. The second-order valence-electron chi connectivity index (χ2n) is 7.55. The number of rotatable bonds is 6. The van der Waals surface area contributed by atoms with Crippen molar-refractivity contribution in [1.82, 2.24) is 10.3 Å². The average Bonchev–Trinajstić information content (AvgIpc) is 3.48. The Morgan fingerprint density at radius 1 is 1.14 bits per heavy atom. The molecule has 1 saturated carbocycles. The van der Waals surface area contributed by atoms with Crippen LogP contribution >= 0.6 is 11.3 Å². The van der Waals surface area contributed by atoms with Crippen LogP contribution in [-0.2, 0) is 9.53 Å². The Balaban J connectivity index is 1.39. The maximum Gasteiger partial charge on any atom is 0.247 e. The van der Waals surface area contributed by atoms with Crippen LogP contribution in [0.1, 0.15) is 24.4 Å². The van der Waals surface area contributed by atoms with Crippen molar-refractivity contribution in [2.24, 2.45) is 0 Å². The number of nitrogens with one attached hydrogen (secondary N) is 2. The molecular weight excluding hydrogens is 384 g/mol. The molecule has 1 aliphatic carbocycles. The first kappa shape index (κ1) is 18.4. The number of fused-ring (bicyclic) bond motifs is 1. The number of amides is 1. The number of nitrogens with zero attached hydrogens (tertiary/aromatic N) is 2. The number of thiazole rings is 1. The molecule has 0 unspecified atom stereocenters. The molecule has 7 heteroatoms. The highest BCUT2D eigenvalue weighted by molar-refractivity contribution is 7.22. The van der Waals surface area contributed by atoms with Gasteiger partial charge in [-0.25, -0.2) is 4.98 Å². The number of aromatic nitrogens is 1. The number of hydrogen-bond donors (Lipinski definition) is 2. The Morgan fingerprint density at radius 3 is 2.69 bits per heavy atom. The third-order valence-corrected chi connectivity index (χ3v) is 6.37. The topological polar surface area (TPSA) is 66.5 Å². The summed E-state index contributed by atoms with van der Waals surface area (Å²) in [6.07, 6.45) is 2.15. The summed E-state index contributed by atoms with van der Waals surface area (Å²) in [6, 6.07) is 15.9. The van der Waals surface area contributed by atoms with E-state index in [1.807, 2.05) is 42.5 Å². The SMILES string of the molecule is O=C(NC1CC1)[C@H](Nc1ccc2nc(N3CCOCC3)sc2c1)c1ccccc1. The van der Waals surface area contributed by atoms with E-state index in [1.165, 1.54) is 0 Å². The molecular formula is C22H24N4O2S. The number of hydrogen-bond acceptors (Lipinski definition) is 6. The van der Waals surface area contributed by atoms with Crippen LogP contribution in [0.5, 0.6) is 0 Å². The molecule has 2 heterocycles. The van der Waals surface area contributed by atoms with Crippen molar-refractivity contribution in [3.63, 3.8) is 0 Å². The smallest absolute Gasteiger partial charge is 0.247 e. The molecule has 1 aromatic heterocycles. The summed E-state index contributed by atoms with van der Waals surface area (Å²) < 4.78 is 6.56. The van der Waals surface area contributed by atoms with Gasteiger partial charge in [0.1, 0.15) is 6.04 Å². The fourth-order valence-corrected chi connectivity index (χ4v) is 4.57. The predicted molar refractivity (Wildman–Crippen MR) is 117 cm³/mol. The molecule has 1 aliphatic heterocycles. The second-order valence-corrected chi connectivity index (χ2v) is 8.56. The van der Waals surface area contributed by atoms with Crippen molar-refractivity contribution in [1.29, 1.82) is 0 Å². The van der Waals surface area contributed by atoms with Gasteiger partial charge in [0.2, 0.25) is 5.91 Å². The van der Waals surface area contributed by atoms with Gasteiger partial charge in [-0.3, -0.25) is 4.79 Å². The number of carbonyl (C=O) groups excluding carboxylic acids is 1. The number of benzene rings is 2. The summed E-state index contributed by atoms with van der Waals surface area (Å²) in [5, 5.41) is 7.60. The van der Waals surface area contributed by atoms with E-state index in [-0.39, 0.29) is 5.91 Å². The maximum absolute atomic E-state index is 12.9. The van der Waals surface area contributed by atoms with Crippen LogP contribution in [-0.4, -0.2) is 43.2 Å². The van der Waals surface area contributed by atoms with Crippen LogP contribution in [0.3, 0.4) is 0 Å². The van der Waals surface area contributed by atoms with Crippen molar-refractivity contribution in [3.8, 4) is 0 Å². The molecule has 0 spiro atoms. The zero-order chi connectivity index (χ0) is 19.6. The minimum atomic E-state index is -0.416. The van der Waals surface area contributed by atoms with Crippen LogP contribution in [0.15, 0.2) is 48.5 Å². The minimum Gasteiger partial charge on any atom is -0.378 e. The van der Waals surface area contributed by atoms with Gasteiger partial charge in [-0.2, -0.15) is 0 Å². The molecule has 0 bridgehead atoms. The van der Waals surface area contributed by atoms with Gasteiger partial charge in [0.05, 0.1) is 23.4 Å². The van der Waals surface area contributed by atoms with Gasteiger partial charge in [0.25, 0.3) is 0 Å². The summed E-state index contributed by atoms with van der Waals surface area (Å²) in [5.41, 5.74) is 2.87. The lowest BCUT2D eigenvalue weighted by atomic mass is 10.1. The number of carbonyl (C=O) groups is 1. The molecule has 1 atom stereocenters. The van der Waals surface area contributed by atoms with E-state index in [2.05, 4.69) is 21.6 Å². The molecule has 29 heavy (non-hydrogen) atoms. The Labute approximate surface area is 173 Å². The predicted octanol–water partition coefficient (Wildman–Crippen LogP) is 3.56. The minimum absolute atomic E-state index is 0.0251. The molecule has 2 aliphatic rings. The van der Waals surface area contributed by atoms with Crippen LogP contribution in [0.2, 0.25) is 0 Å². The van der Waals surface area contributed by atoms with Crippen molar-refractivity contribution in [2.45, 2.75) is 24.9 Å². The third-order valence-electron chi connectivity index (χ3n) is 5.29. The quantitative estimate of drug-likeness (QED) is 0.653. The zero-order valence-electron chi connectivity index (χ0n) is 16.1. The molecule has 2 fully saturated rings. The maximum atomic E-state index is 12.9. The van der Waals surface area contributed by atoms with Crippen LogP contribution in [0, 0.1) is 0 Å². The normalized spacial score (nSPS) is 17.9. The van der Waals surface area contributed by atoms with Crippen molar-refractivity contribution in [2.75, 3.05) is 36.5 Å². The van der Waals surface area contributed by atoms with Gasteiger partial charge >= 0.3 is 0 Å². The molecule has 5 rings (SSSR count). The highest BCUT2D eigenvalue weighted by Crippen LogP contribution is 2.32. The van der Waals surface area contributed by atoms with E-state index < -0.39 is 6.04 Å². The summed E-state index contributed by atoms with van der Waals surface area (Å²) >= 11 is 1.69. The third kappa shape index (κ3) is 4.21. The van der Waals surface area contributed by atoms with Crippen molar-refractivity contribution in [3.05, 3.63) is 54.1 Å². The lowest BCUT2D eigenvalue weighted by Crippen LogP contribution is -2.36. The van der Waals surface area contributed by atoms with E-state index in [0.717, 1.165) is 65.7 Å². The van der Waals surface area contributed by atoms with Gasteiger partial charge in [-0.05, 0) is 36.6 Å². The number of ether oxygens (including phenoxy) is 1. The summed E-state index contributed by atoms with van der Waals surface area (Å²) in [5.74, 6) is 0.0251. The number of anilines is 2. The fraction of sp³-hybridized carbons (Fsp3) is 0.364. The van der Waals surface area contributed by atoms with Crippen molar-refractivity contribution >= 4 is 38.3 Å². The molecule has 1 saturated heterocycles. The van der Waals surface area contributed by atoms with Gasteiger partial charge < -0.3 is 20.3 Å². The van der Waals surface area contributed by atoms with E-state index in [9.17, 15) is 4.79 Å². The van der Waals surface area contributed by atoms with E-state index in [4.69, 9.17) is 9.72 Å². The summed E-state index contributed by atoms with van der Waals surface area (Å²) in [4.78, 5) is 19.9. The van der Waals surface area contributed by atoms with Gasteiger partial charge in [-0.15, -0.1) is 0 Å². The van der Waals surface area contributed by atoms with Crippen LogP contribution in [0.4, 0.5) is 10.8 Å². The lowest BCUT2D eigenvalue weighted by Gasteiger charge is -2.25. The summed E-state index contributed by atoms with van der Waals surface area (Å²) in [6.45, 7) is 3.25. The van der Waals surface area contributed by atoms with Gasteiger partial charge in [0.15, 0.2) is 5.13 Å². The first-order chi connectivity index (χ1) is 14.3. The Hall–Kier alpha value is -2.64. The molecule has 1 amide bonds. The first-order valence-corrected chi connectivity index (χ1v) is 10.9. The van der Waals surface area contributed by atoms with Gasteiger partial charge in [0, 0.05) is 24.8 Å². The van der Waals surface area contributed by atoms with E-state index in [1.54, 1.807) is 11.3 Å². The monoisotopic (exact) mass is 408 g/mol. The lowest BCUT2D eigenvalue weighted by molar-refractivity contribution is -0.122. The number of morpholine rings is 1. The Morgan fingerprint density at radius 2 is 1.93 bits per heavy atom. The van der Waals surface area contributed by atoms with E-state index >= 15 is 0 Å². The summed E-state index contributed by atoms with van der Waals surface area (Å²) in [7, 11) is 0. The molecule has 0 radical (unpaired) electrons. The van der Waals surface area contributed by atoms with Crippen molar-refractivity contribution < 1.29 is 9.53 Å². The van der Waals surface area contributed by atoms with Crippen LogP contribution < -0.4 is 15.5 Å². The largest absolute Gasteiger partial charge is 0.378 e.